The highest BCUT2D eigenvalue weighted by Crippen LogP contribution is 2.33. The average Bonchev–Trinajstić information content (AvgIpc) is 3.78. The predicted molar refractivity (Wildman–Crippen MR) is 214 cm³/mol. The van der Waals surface area contributed by atoms with E-state index in [0.717, 1.165) is 21.9 Å². The van der Waals surface area contributed by atoms with Crippen molar-refractivity contribution in [3.05, 3.63) is 75.7 Å². The summed E-state index contributed by atoms with van der Waals surface area (Å²) < 4.78 is 11.1. The maximum atomic E-state index is 14.3. The smallest absolute Gasteiger partial charge is 0.279 e. The minimum atomic E-state index is -1.04. The van der Waals surface area contributed by atoms with Crippen LogP contribution in [0.5, 0.6) is 11.5 Å². The van der Waals surface area contributed by atoms with E-state index < -0.39 is 35.0 Å². The number of hydrogen-bond donors (Lipinski definition) is 4. The van der Waals surface area contributed by atoms with Crippen LogP contribution in [0.3, 0.4) is 0 Å². The van der Waals surface area contributed by atoms with Crippen LogP contribution in [0.1, 0.15) is 76.2 Å². The quantitative estimate of drug-likeness (QED) is 0.156. The van der Waals surface area contributed by atoms with Crippen LogP contribution in [0.2, 0.25) is 0 Å². The van der Waals surface area contributed by atoms with Gasteiger partial charge in [0.25, 0.3) is 5.24 Å². The van der Waals surface area contributed by atoms with E-state index in [1.54, 1.807) is 0 Å². The van der Waals surface area contributed by atoms with Crippen molar-refractivity contribution in [2.24, 2.45) is 5.92 Å². The number of aliphatic hydroxyl groups excluding tert-OH is 1. The molecule has 0 spiro atoms. The molecule has 2 aliphatic heterocycles. The van der Waals surface area contributed by atoms with Crippen LogP contribution in [-0.4, -0.2) is 105 Å². The van der Waals surface area contributed by atoms with Gasteiger partial charge in [-0.2, -0.15) is 0 Å². The summed E-state index contributed by atoms with van der Waals surface area (Å²) in [5, 5.41) is 20.6. The van der Waals surface area contributed by atoms with Crippen LogP contribution in [0.25, 0.3) is 0 Å². The van der Waals surface area contributed by atoms with E-state index >= 15 is 0 Å². The number of rotatable bonds is 15. The van der Waals surface area contributed by atoms with Gasteiger partial charge in [-0.1, -0.05) is 76.7 Å². The van der Waals surface area contributed by atoms with E-state index in [1.165, 1.54) is 16.2 Å². The highest BCUT2D eigenvalue weighted by molar-refractivity contribution is 7.96. The third kappa shape index (κ3) is 11.2. The van der Waals surface area contributed by atoms with Gasteiger partial charge in [-0.05, 0) is 56.4 Å². The van der Waals surface area contributed by atoms with Crippen LogP contribution in [0, 0.1) is 5.92 Å². The summed E-state index contributed by atoms with van der Waals surface area (Å²) >= 11 is 5.71. The molecule has 1 fully saturated rings. The number of nitrogens with zero attached hydrogens (tertiary/aromatic N) is 4. The Morgan fingerprint density at radius 1 is 1.04 bits per heavy atom. The largest absolute Gasteiger partial charge is 0.454 e. The van der Waals surface area contributed by atoms with Crippen molar-refractivity contribution in [3.8, 4) is 11.5 Å². The Kier molecular flexibility index (Phi) is 14.1. The second kappa shape index (κ2) is 18.3. The lowest BCUT2D eigenvalue weighted by molar-refractivity contribution is -0.132. The van der Waals surface area contributed by atoms with Gasteiger partial charge in [-0.25, -0.2) is 4.98 Å². The second-order valence-electron chi connectivity index (χ2n) is 16.0. The number of carbonyl (C=O) groups excluding carboxylic acids is 3. The Balaban J connectivity index is 1.35. The number of hydrogen-bond acceptors (Lipinski definition) is 10. The molecular weight excluding hydrogens is 725 g/mol. The molecule has 4 atom stereocenters. The van der Waals surface area contributed by atoms with E-state index in [4.69, 9.17) is 14.5 Å². The number of thiazole rings is 1. The summed E-state index contributed by atoms with van der Waals surface area (Å²) in [6.45, 7) is 16.5. The van der Waals surface area contributed by atoms with Crippen LogP contribution in [-0.2, 0) is 29.1 Å². The molecule has 2 aromatic carbocycles. The summed E-state index contributed by atoms with van der Waals surface area (Å²) in [5.41, 5.74) is 2.23. The molecule has 0 aliphatic carbocycles. The molecule has 12 nitrogen and oxygen atoms in total. The monoisotopic (exact) mass is 780 g/mol. The van der Waals surface area contributed by atoms with Crippen LogP contribution < -0.4 is 20.1 Å². The molecule has 294 valence electrons. The number of amides is 3. The Labute approximate surface area is 329 Å². The first-order valence-corrected chi connectivity index (χ1v) is 20.0. The summed E-state index contributed by atoms with van der Waals surface area (Å²) in [5.74, 6) is 0.906. The summed E-state index contributed by atoms with van der Waals surface area (Å²) in [6.07, 6.45) is -0.695. The summed E-state index contributed by atoms with van der Waals surface area (Å²) in [6, 6.07) is 13.4. The van der Waals surface area contributed by atoms with Crippen LogP contribution in [0.4, 0.5) is 4.79 Å². The number of β-amino-alcohol motifs (C(OH)–C–C–N with tert-alkyl or cyclic N) is 1. The Hall–Kier alpha value is -3.69. The molecule has 0 radical (unpaired) electrons. The second-order valence-corrected chi connectivity index (χ2v) is 17.2. The van der Waals surface area contributed by atoms with Crippen molar-refractivity contribution in [1.29, 1.82) is 0 Å². The molecule has 0 bridgehead atoms. The maximum absolute atomic E-state index is 14.3. The van der Waals surface area contributed by atoms with Crippen molar-refractivity contribution < 1.29 is 29.0 Å². The van der Waals surface area contributed by atoms with Gasteiger partial charge in [0.05, 0.1) is 29.4 Å². The van der Waals surface area contributed by atoms with E-state index in [2.05, 4.69) is 42.0 Å². The lowest BCUT2D eigenvalue weighted by atomic mass is 9.97. The van der Waals surface area contributed by atoms with Gasteiger partial charge in [0.1, 0.15) is 12.1 Å². The Morgan fingerprint density at radius 3 is 2.41 bits per heavy atom. The summed E-state index contributed by atoms with van der Waals surface area (Å²) in [4.78, 5) is 51.5. The third-order valence-corrected chi connectivity index (χ3v) is 11.1. The number of thiol groups is 1. The van der Waals surface area contributed by atoms with Crippen LogP contribution >= 0.6 is 24.0 Å². The topological polar surface area (TPSA) is 137 Å². The van der Waals surface area contributed by atoms with Gasteiger partial charge in [-0.15, -0.1) is 11.3 Å². The zero-order valence-electron chi connectivity index (χ0n) is 32.4. The molecule has 14 heteroatoms. The van der Waals surface area contributed by atoms with Crippen molar-refractivity contribution >= 4 is 41.0 Å². The van der Waals surface area contributed by atoms with E-state index in [-0.39, 0.29) is 43.5 Å². The first-order valence-electron chi connectivity index (χ1n) is 18.7. The van der Waals surface area contributed by atoms with Gasteiger partial charge in [0.2, 0.25) is 18.6 Å². The van der Waals surface area contributed by atoms with Gasteiger partial charge >= 0.3 is 0 Å². The van der Waals surface area contributed by atoms with Gasteiger partial charge in [0.15, 0.2) is 11.5 Å². The van der Waals surface area contributed by atoms with Gasteiger partial charge in [0, 0.05) is 49.6 Å². The minimum absolute atomic E-state index is 0.126. The van der Waals surface area contributed by atoms with E-state index in [0.29, 0.717) is 44.0 Å². The molecule has 2 aliphatic rings. The van der Waals surface area contributed by atoms with E-state index in [9.17, 15) is 19.5 Å². The first kappa shape index (κ1) is 41.5. The SMILES string of the molecule is CC(C)c1nc(CN(C(=O)S)[C@H](C(=O)N[C@@H](Cc2ccccc2)[C@H](O)CN2CCN(Cc3ccc4c(c3)OCO4)C[C@H]2C(=O)NC(C)(C)C)C(C)C)cs1. The molecule has 3 amide bonds. The maximum Gasteiger partial charge on any atom is 0.279 e. The Bertz CT molecular complexity index is 1730. The fraction of sp³-hybridized carbons (Fsp3) is 0.550. The number of carbonyl (C=O) groups is 3. The molecule has 3 aromatic rings. The molecule has 3 N–H and O–H groups in total. The lowest BCUT2D eigenvalue weighted by Gasteiger charge is -2.43. The predicted octanol–water partition coefficient (Wildman–Crippen LogP) is 5.06. The summed E-state index contributed by atoms with van der Waals surface area (Å²) in [7, 11) is 0. The van der Waals surface area contributed by atoms with Crippen molar-refractivity contribution in [2.45, 2.75) is 104 Å². The average molecular weight is 781 g/mol. The highest BCUT2D eigenvalue weighted by Gasteiger charge is 2.38. The molecule has 3 heterocycles. The van der Waals surface area contributed by atoms with Crippen molar-refractivity contribution in [1.82, 2.24) is 30.3 Å². The van der Waals surface area contributed by atoms with E-state index in [1.807, 2.05) is 93.4 Å². The molecule has 54 heavy (non-hydrogen) atoms. The van der Waals surface area contributed by atoms with Crippen LogP contribution in [0.15, 0.2) is 53.9 Å². The fourth-order valence-electron chi connectivity index (χ4n) is 6.95. The molecular formula is C40H56N6O6S2. The van der Waals surface area contributed by atoms with Gasteiger partial charge < -0.3 is 30.1 Å². The molecule has 1 aromatic heterocycles. The first-order chi connectivity index (χ1) is 25.6. The number of aliphatic hydroxyl groups is 1. The number of ether oxygens (including phenoxy) is 2. The standard InChI is InChI=1S/C40H56N6O6S2/c1-25(2)35(46(39(50)53)20-29-23-54-38(41-29)26(3)4)37(49)42-30(17-27-11-9-8-10-12-27)32(47)22-45-16-15-44(21-31(45)36(48)43-40(5,6)7)19-28-13-14-33-34(18-28)52-24-51-33/h8-14,18,23,25-26,30-32,35,47H,15-17,19-22,24H2,1-7H3,(H,42,49)(H,43,48)(H,50,53)/t30-,31-,32+,35-/m0/s1. The number of aromatic nitrogens is 1. The zero-order chi connectivity index (χ0) is 39.2. The molecule has 1 saturated heterocycles. The fourth-order valence-corrected chi connectivity index (χ4v) is 7.97. The number of fused-ring (bicyclic) bond motifs is 1. The Morgan fingerprint density at radius 2 is 1.76 bits per heavy atom. The number of piperazine rings is 1. The molecule has 0 unspecified atom stereocenters. The normalized spacial score (nSPS) is 18.0. The number of nitrogens with one attached hydrogen (secondary N) is 2. The zero-order valence-corrected chi connectivity index (χ0v) is 34.2. The third-order valence-electron chi connectivity index (χ3n) is 9.61. The van der Waals surface area contributed by atoms with Gasteiger partial charge in [-0.3, -0.25) is 24.2 Å². The van der Waals surface area contributed by atoms with Crippen molar-refractivity contribution in [2.75, 3.05) is 33.0 Å². The highest BCUT2D eigenvalue weighted by atomic mass is 32.1. The number of benzene rings is 2. The minimum Gasteiger partial charge on any atom is -0.454 e. The lowest BCUT2D eigenvalue weighted by Crippen LogP contribution is -2.63. The molecule has 0 saturated carbocycles. The molecule has 5 rings (SSSR count). The van der Waals surface area contributed by atoms with Crippen molar-refractivity contribution in [3.63, 3.8) is 0 Å².